The number of esters is 1. The summed E-state index contributed by atoms with van der Waals surface area (Å²) >= 11 is 0. The van der Waals surface area contributed by atoms with Crippen molar-refractivity contribution in [3.63, 3.8) is 0 Å². The van der Waals surface area contributed by atoms with E-state index in [4.69, 9.17) is 9.47 Å². The number of hydrogen-bond donors (Lipinski definition) is 0. The highest BCUT2D eigenvalue weighted by Gasteiger charge is 2.30. The van der Waals surface area contributed by atoms with Crippen molar-refractivity contribution < 1.29 is 14.3 Å². The van der Waals surface area contributed by atoms with E-state index >= 15 is 0 Å². The second-order valence-electron chi connectivity index (χ2n) is 6.93. The zero-order chi connectivity index (χ0) is 18.4. The molecule has 0 N–H and O–H groups in total. The van der Waals surface area contributed by atoms with E-state index in [0.29, 0.717) is 17.9 Å². The van der Waals surface area contributed by atoms with Gasteiger partial charge in [-0.05, 0) is 61.2 Å². The molecule has 0 aliphatic carbocycles. The summed E-state index contributed by atoms with van der Waals surface area (Å²) in [6.07, 6.45) is 2.01. The summed E-state index contributed by atoms with van der Waals surface area (Å²) < 4.78 is 11.8. The van der Waals surface area contributed by atoms with Crippen molar-refractivity contribution in [2.24, 2.45) is 0 Å². The van der Waals surface area contributed by atoms with Gasteiger partial charge < -0.3 is 14.4 Å². The number of carbonyl (C=O) groups is 1. The molecule has 0 atom stereocenters. The molecule has 134 valence electrons. The highest BCUT2D eigenvalue weighted by molar-refractivity contribution is 6.03. The Kier molecular flexibility index (Phi) is 3.64. The van der Waals surface area contributed by atoms with E-state index in [1.54, 1.807) is 6.07 Å². The van der Waals surface area contributed by atoms with Gasteiger partial charge in [0.2, 0.25) is 0 Å². The lowest BCUT2D eigenvalue weighted by molar-refractivity contribution is 0.0738. The van der Waals surface area contributed by atoms with Crippen LogP contribution in [0.5, 0.6) is 11.5 Å². The maximum Gasteiger partial charge on any atom is 0.345 e. The molecule has 4 heteroatoms. The third kappa shape index (κ3) is 2.56. The van der Waals surface area contributed by atoms with Crippen LogP contribution >= 0.6 is 0 Å². The van der Waals surface area contributed by atoms with Crippen molar-refractivity contribution in [1.82, 2.24) is 0 Å². The fraction of sp³-hybridized carbons (Fsp3) is 0.174. The number of benzene rings is 3. The van der Waals surface area contributed by atoms with Gasteiger partial charge in [0, 0.05) is 0 Å². The van der Waals surface area contributed by atoms with Crippen molar-refractivity contribution in [2.75, 3.05) is 11.5 Å². The smallest absolute Gasteiger partial charge is 0.345 e. The highest BCUT2D eigenvalue weighted by atomic mass is 16.5. The van der Waals surface area contributed by atoms with Gasteiger partial charge in [-0.3, -0.25) is 0 Å². The van der Waals surface area contributed by atoms with Crippen LogP contribution in [0.3, 0.4) is 0 Å². The van der Waals surface area contributed by atoms with Crippen molar-refractivity contribution >= 4 is 23.0 Å². The van der Waals surface area contributed by atoms with Crippen LogP contribution in [0.25, 0.3) is 0 Å². The Morgan fingerprint density at radius 1 is 0.926 bits per heavy atom. The molecule has 0 fully saturated rings. The fourth-order valence-corrected chi connectivity index (χ4v) is 3.82. The SMILES string of the molecule is Cc1ccc2c(c1)OC(=O)c1ccccc1N2c1cccc2c1OCCC2. The van der Waals surface area contributed by atoms with Crippen LogP contribution in [0, 0.1) is 6.92 Å². The van der Waals surface area contributed by atoms with Crippen LogP contribution in [-0.4, -0.2) is 12.6 Å². The Bertz CT molecular complexity index is 1060. The Labute approximate surface area is 158 Å². The van der Waals surface area contributed by atoms with Gasteiger partial charge in [0.15, 0.2) is 5.75 Å². The molecule has 2 aliphatic heterocycles. The maximum atomic E-state index is 12.8. The molecular formula is C23H19NO3. The van der Waals surface area contributed by atoms with Crippen molar-refractivity contribution in [3.8, 4) is 11.5 Å². The zero-order valence-electron chi connectivity index (χ0n) is 15.1. The van der Waals surface area contributed by atoms with Gasteiger partial charge in [-0.25, -0.2) is 4.79 Å². The molecular weight excluding hydrogens is 338 g/mol. The standard InChI is InChI=1S/C23H19NO3/c1-15-11-12-19-21(14-15)27-23(25)17-8-2-3-9-18(17)24(19)20-10-4-6-16-7-5-13-26-22(16)20/h2-4,6,8-12,14H,5,7,13H2,1H3. The first-order chi connectivity index (χ1) is 13.2. The average molecular weight is 357 g/mol. The molecule has 0 amide bonds. The van der Waals surface area contributed by atoms with E-state index in [0.717, 1.165) is 41.2 Å². The molecule has 0 spiro atoms. The number of anilines is 3. The van der Waals surface area contributed by atoms with E-state index in [1.807, 2.05) is 55.5 Å². The molecule has 0 radical (unpaired) electrons. The molecule has 0 unspecified atom stereocenters. The molecule has 0 bridgehead atoms. The first-order valence-electron chi connectivity index (χ1n) is 9.19. The number of nitrogens with zero attached hydrogens (tertiary/aromatic N) is 1. The molecule has 0 saturated carbocycles. The summed E-state index contributed by atoms with van der Waals surface area (Å²) in [4.78, 5) is 14.8. The van der Waals surface area contributed by atoms with Gasteiger partial charge in [0.05, 0.1) is 29.2 Å². The third-order valence-electron chi connectivity index (χ3n) is 5.08. The lowest BCUT2D eigenvalue weighted by Crippen LogP contribution is -2.16. The predicted molar refractivity (Wildman–Crippen MR) is 105 cm³/mol. The largest absolute Gasteiger partial charge is 0.491 e. The zero-order valence-corrected chi connectivity index (χ0v) is 15.1. The number of aryl methyl sites for hydroxylation is 2. The van der Waals surface area contributed by atoms with Crippen LogP contribution in [-0.2, 0) is 6.42 Å². The Morgan fingerprint density at radius 3 is 2.70 bits per heavy atom. The number of ether oxygens (including phenoxy) is 2. The molecule has 5 rings (SSSR count). The first kappa shape index (κ1) is 15.9. The van der Waals surface area contributed by atoms with Gasteiger partial charge >= 0.3 is 5.97 Å². The average Bonchev–Trinajstić information content (AvgIpc) is 2.81. The summed E-state index contributed by atoms with van der Waals surface area (Å²) in [5.74, 6) is 1.11. The third-order valence-corrected chi connectivity index (χ3v) is 5.08. The monoisotopic (exact) mass is 357 g/mol. The number of carbonyl (C=O) groups excluding carboxylic acids is 1. The molecule has 2 aliphatic rings. The van der Waals surface area contributed by atoms with Crippen LogP contribution in [0.4, 0.5) is 17.1 Å². The lowest BCUT2D eigenvalue weighted by Gasteiger charge is -2.30. The first-order valence-corrected chi connectivity index (χ1v) is 9.19. The second kappa shape index (κ2) is 6.16. The number of rotatable bonds is 1. The van der Waals surface area contributed by atoms with E-state index in [-0.39, 0.29) is 5.97 Å². The normalized spacial score (nSPS) is 15.0. The van der Waals surface area contributed by atoms with E-state index in [2.05, 4.69) is 11.0 Å². The summed E-state index contributed by atoms with van der Waals surface area (Å²) in [6, 6.07) is 19.7. The summed E-state index contributed by atoms with van der Waals surface area (Å²) in [6.45, 7) is 2.69. The van der Waals surface area contributed by atoms with Crippen LogP contribution < -0.4 is 14.4 Å². The van der Waals surface area contributed by atoms with Crippen molar-refractivity contribution in [1.29, 1.82) is 0 Å². The Morgan fingerprint density at radius 2 is 1.78 bits per heavy atom. The van der Waals surface area contributed by atoms with Gasteiger partial charge in [-0.15, -0.1) is 0 Å². The topological polar surface area (TPSA) is 38.8 Å². The Balaban J connectivity index is 1.82. The maximum absolute atomic E-state index is 12.8. The summed E-state index contributed by atoms with van der Waals surface area (Å²) in [5.41, 5.74) is 5.34. The summed E-state index contributed by atoms with van der Waals surface area (Å²) in [7, 11) is 0. The minimum atomic E-state index is -0.342. The van der Waals surface area contributed by atoms with Gasteiger partial charge in [-0.1, -0.05) is 30.3 Å². The van der Waals surface area contributed by atoms with Crippen LogP contribution in [0.2, 0.25) is 0 Å². The minimum Gasteiger partial charge on any atom is -0.491 e. The van der Waals surface area contributed by atoms with E-state index < -0.39 is 0 Å². The molecule has 27 heavy (non-hydrogen) atoms. The highest BCUT2D eigenvalue weighted by Crippen LogP contribution is 2.48. The van der Waals surface area contributed by atoms with Gasteiger partial charge in [0.1, 0.15) is 5.75 Å². The van der Waals surface area contributed by atoms with Gasteiger partial charge in [0.25, 0.3) is 0 Å². The quantitative estimate of drug-likeness (QED) is 0.436. The minimum absolute atomic E-state index is 0.342. The van der Waals surface area contributed by atoms with E-state index in [1.165, 1.54) is 5.56 Å². The molecule has 0 aromatic heterocycles. The number of para-hydroxylation sites is 2. The predicted octanol–water partition coefficient (Wildman–Crippen LogP) is 5.32. The second-order valence-corrected chi connectivity index (χ2v) is 6.93. The fourth-order valence-electron chi connectivity index (χ4n) is 3.82. The molecule has 0 saturated heterocycles. The lowest BCUT2D eigenvalue weighted by atomic mass is 10.0. The van der Waals surface area contributed by atoms with Crippen LogP contribution in [0.1, 0.15) is 27.9 Å². The van der Waals surface area contributed by atoms with E-state index in [9.17, 15) is 4.79 Å². The number of fused-ring (bicyclic) bond motifs is 3. The van der Waals surface area contributed by atoms with Crippen molar-refractivity contribution in [2.45, 2.75) is 19.8 Å². The van der Waals surface area contributed by atoms with Gasteiger partial charge in [-0.2, -0.15) is 0 Å². The molecule has 3 aromatic rings. The van der Waals surface area contributed by atoms with Crippen molar-refractivity contribution in [3.05, 3.63) is 77.4 Å². The molecule has 4 nitrogen and oxygen atoms in total. The summed E-state index contributed by atoms with van der Waals surface area (Å²) in [5, 5.41) is 0. The number of hydrogen-bond acceptors (Lipinski definition) is 4. The Hall–Kier alpha value is -3.27. The molecule has 3 aromatic carbocycles. The molecule has 2 heterocycles. The van der Waals surface area contributed by atoms with Crippen LogP contribution in [0.15, 0.2) is 60.7 Å².